The molecule has 2 bridgehead atoms. The molecule has 2 aliphatic carbocycles. The van der Waals surface area contributed by atoms with E-state index in [1.165, 1.54) is 6.92 Å². The molecular formula is C34H37Cl2N3O9S. The van der Waals surface area contributed by atoms with E-state index in [4.69, 9.17) is 42.3 Å². The van der Waals surface area contributed by atoms with Gasteiger partial charge in [-0.2, -0.15) is 0 Å². The van der Waals surface area contributed by atoms with Crippen LogP contribution >= 0.6 is 23.2 Å². The minimum Gasteiger partial charge on any atom is -0.481 e. The Morgan fingerprint density at radius 1 is 1.14 bits per heavy atom. The maximum absolute atomic E-state index is 13.0. The summed E-state index contributed by atoms with van der Waals surface area (Å²) < 4.78 is 44.1. The van der Waals surface area contributed by atoms with Crippen LogP contribution in [0.4, 0.5) is 11.4 Å². The van der Waals surface area contributed by atoms with Crippen LogP contribution in [0.5, 0.6) is 0 Å². The number of nitrogens with zero attached hydrogens (tertiary/aromatic N) is 3. The van der Waals surface area contributed by atoms with Crippen molar-refractivity contribution in [2.75, 3.05) is 21.5 Å². The predicted octanol–water partition coefficient (Wildman–Crippen LogP) is 6.19. The molecule has 3 fully saturated rings. The van der Waals surface area contributed by atoms with Crippen molar-refractivity contribution in [2.45, 2.75) is 82.6 Å². The summed E-state index contributed by atoms with van der Waals surface area (Å²) in [7, 11) is -4.06. The number of hydrogen-bond acceptors (Lipinski definition) is 10. The number of fused-ring (bicyclic) bond motifs is 2. The van der Waals surface area contributed by atoms with Crippen molar-refractivity contribution < 1.29 is 41.9 Å². The highest BCUT2D eigenvalue weighted by atomic mass is 35.5. The molecule has 1 aromatic heterocycles. The number of halogens is 2. The first-order valence-corrected chi connectivity index (χ1v) is 18.6. The number of aromatic nitrogens is 1. The second-order valence-electron chi connectivity index (χ2n) is 12.9. The standard InChI is InChI=1S/C34H37Cl2N3O9S/c1-20(47-31(43)12-11-30(41)42)13-14-49(44,45)39(19-40)24-9-7-23(8-10-24)38-17-22-15-25(38)16-29(22)46-18-27-33(37-48-34(27)21-5-6-21)26-3-2-4-28(35)32(26)36/h2-4,7-10,19-22,25,29H,5-6,11-18H2,1H3,(H,41,42)/t20?,22-,25-,29+/m0/s1. The number of ether oxygens (including phenoxy) is 2. The van der Waals surface area contributed by atoms with Crippen molar-refractivity contribution in [2.24, 2.45) is 5.92 Å². The number of rotatable bonds is 16. The van der Waals surface area contributed by atoms with Crippen molar-refractivity contribution >= 4 is 62.9 Å². The number of carbonyl (C=O) groups is 3. The minimum atomic E-state index is -4.06. The van der Waals surface area contributed by atoms with E-state index in [2.05, 4.69) is 10.1 Å². The van der Waals surface area contributed by atoms with Gasteiger partial charge in [-0.1, -0.05) is 40.5 Å². The molecule has 1 amide bonds. The number of aliphatic carboxylic acids is 1. The number of carboxylic acid groups (broad SMARTS) is 1. The average Bonchev–Trinajstić information content (AvgIpc) is 3.51. The Balaban J connectivity index is 1.04. The van der Waals surface area contributed by atoms with Gasteiger partial charge in [0, 0.05) is 41.2 Å². The fourth-order valence-corrected chi connectivity index (χ4v) is 8.48. The first-order valence-electron chi connectivity index (χ1n) is 16.2. The van der Waals surface area contributed by atoms with Crippen LogP contribution in [0.25, 0.3) is 11.3 Å². The molecule has 0 spiro atoms. The number of amides is 1. The maximum Gasteiger partial charge on any atom is 0.306 e. The summed E-state index contributed by atoms with van der Waals surface area (Å²) in [6.45, 7) is 2.65. The molecule has 2 saturated carbocycles. The summed E-state index contributed by atoms with van der Waals surface area (Å²) in [6, 6.07) is 12.5. The number of benzene rings is 2. The van der Waals surface area contributed by atoms with Gasteiger partial charge in [-0.05, 0) is 69.4 Å². The van der Waals surface area contributed by atoms with Gasteiger partial charge in [-0.25, -0.2) is 12.7 Å². The Labute approximate surface area is 294 Å². The van der Waals surface area contributed by atoms with Crippen LogP contribution in [0.3, 0.4) is 0 Å². The Kier molecular flexibility index (Phi) is 10.5. The number of anilines is 2. The van der Waals surface area contributed by atoms with E-state index in [-0.39, 0.29) is 43.5 Å². The molecule has 1 N–H and O–H groups in total. The van der Waals surface area contributed by atoms with E-state index in [1.807, 2.05) is 24.3 Å². The van der Waals surface area contributed by atoms with Crippen molar-refractivity contribution in [1.82, 2.24) is 5.16 Å². The lowest BCUT2D eigenvalue weighted by Gasteiger charge is -2.33. The third-order valence-electron chi connectivity index (χ3n) is 9.38. The molecule has 1 unspecified atom stereocenters. The molecule has 49 heavy (non-hydrogen) atoms. The lowest BCUT2D eigenvalue weighted by atomic mass is 10.0. The first kappa shape index (κ1) is 35.2. The third kappa shape index (κ3) is 7.90. The van der Waals surface area contributed by atoms with Crippen LogP contribution in [0.1, 0.15) is 69.1 Å². The van der Waals surface area contributed by atoms with Crippen LogP contribution in [0.15, 0.2) is 47.0 Å². The Morgan fingerprint density at radius 2 is 1.90 bits per heavy atom. The van der Waals surface area contributed by atoms with E-state index in [0.717, 1.165) is 54.8 Å². The SMILES string of the molecule is CC(CCS(=O)(=O)N(C=O)c1ccc(N2C[C@@H]3C[C@H]2C[C@H]3OCc2c(-c3cccc(Cl)c3Cl)noc2C2CC2)cc1)OC(=O)CCC(=O)O. The number of carbonyl (C=O) groups excluding carboxylic acids is 2. The third-order valence-corrected chi connectivity index (χ3v) is 11.8. The van der Waals surface area contributed by atoms with Crippen molar-refractivity contribution in [1.29, 1.82) is 0 Å². The quantitative estimate of drug-likeness (QED) is 0.132. The second-order valence-corrected chi connectivity index (χ2v) is 15.6. The molecule has 3 aromatic rings. The Bertz CT molecular complexity index is 1810. The predicted molar refractivity (Wildman–Crippen MR) is 182 cm³/mol. The lowest BCUT2D eigenvalue weighted by molar-refractivity contribution is -0.151. The Morgan fingerprint density at radius 3 is 2.55 bits per heavy atom. The lowest BCUT2D eigenvalue weighted by Crippen LogP contribution is -2.38. The van der Waals surface area contributed by atoms with E-state index in [1.54, 1.807) is 18.2 Å². The molecule has 12 nitrogen and oxygen atoms in total. The average molecular weight is 735 g/mol. The van der Waals surface area contributed by atoms with Gasteiger partial charge in [-0.15, -0.1) is 0 Å². The highest BCUT2D eigenvalue weighted by Gasteiger charge is 2.46. The van der Waals surface area contributed by atoms with E-state index in [9.17, 15) is 22.8 Å². The Hall–Kier alpha value is -3.65. The van der Waals surface area contributed by atoms with Gasteiger partial charge < -0.3 is 24.0 Å². The monoisotopic (exact) mass is 733 g/mol. The van der Waals surface area contributed by atoms with Gasteiger partial charge in [-0.3, -0.25) is 14.4 Å². The van der Waals surface area contributed by atoms with Gasteiger partial charge in [0.2, 0.25) is 16.4 Å². The number of carboxylic acids is 1. The molecular weight excluding hydrogens is 697 g/mol. The molecule has 6 rings (SSSR count). The van der Waals surface area contributed by atoms with Crippen LogP contribution in [-0.4, -0.2) is 67.6 Å². The molecule has 4 atom stereocenters. The second kappa shape index (κ2) is 14.7. The zero-order valence-electron chi connectivity index (χ0n) is 26.8. The zero-order valence-corrected chi connectivity index (χ0v) is 29.1. The number of piperidine rings is 1. The van der Waals surface area contributed by atoms with E-state index >= 15 is 0 Å². The van der Waals surface area contributed by atoms with Gasteiger partial charge in [0.05, 0.1) is 47.0 Å². The van der Waals surface area contributed by atoms with Crippen LogP contribution < -0.4 is 9.21 Å². The topological polar surface area (TPSA) is 157 Å². The highest BCUT2D eigenvalue weighted by molar-refractivity contribution is 7.93. The van der Waals surface area contributed by atoms with Crippen LogP contribution in [0.2, 0.25) is 10.0 Å². The van der Waals surface area contributed by atoms with Gasteiger partial charge >= 0.3 is 11.9 Å². The number of sulfonamides is 1. The van der Waals surface area contributed by atoms with Gasteiger partial charge in [0.25, 0.3) is 0 Å². The normalized spacial score (nSPS) is 20.7. The summed E-state index contributed by atoms with van der Waals surface area (Å²) >= 11 is 12.8. The largest absolute Gasteiger partial charge is 0.481 e. The smallest absolute Gasteiger partial charge is 0.306 e. The summed E-state index contributed by atoms with van der Waals surface area (Å²) in [4.78, 5) is 36.6. The molecule has 0 radical (unpaired) electrons. The van der Waals surface area contributed by atoms with Crippen LogP contribution in [0, 0.1) is 5.92 Å². The molecule has 1 aliphatic heterocycles. The molecule has 3 aliphatic rings. The van der Waals surface area contributed by atoms with Gasteiger partial charge in [0.1, 0.15) is 17.6 Å². The summed E-state index contributed by atoms with van der Waals surface area (Å²) in [6.07, 6.45) is 2.70. The highest BCUT2D eigenvalue weighted by Crippen LogP contribution is 2.47. The first-order chi connectivity index (χ1) is 23.4. The maximum atomic E-state index is 13.0. The molecule has 15 heteroatoms. The molecule has 262 valence electrons. The minimum absolute atomic E-state index is 0.0553. The molecule has 2 heterocycles. The number of esters is 1. The van der Waals surface area contributed by atoms with E-state index < -0.39 is 33.8 Å². The fraction of sp³-hybridized carbons (Fsp3) is 0.471. The van der Waals surface area contributed by atoms with Crippen molar-refractivity contribution in [3.8, 4) is 11.3 Å². The summed E-state index contributed by atoms with van der Waals surface area (Å²) in [5.41, 5.74) is 3.43. The summed E-state index contributed by atoms with van der Waals surface area (Å²) in [5, 5.41) is 14.0. The van der Waals surface area contributed by atoms with E-state index in [0.29, 0.717) is 38.5 Å². The van der Waals surface area contributed by atoms with Gasteiger partial charge in [0.15, 0.2) is 0 Å². The zero-order chi connectivity index (χ0) is 34.9. The van der Waals surface area contributed by atoms with Crippen molar-refractivity contribution in [3.63, 3.8) is 0 Å². The fourth-order valence-electron chi connectivity index (χ4n) is 6.69. The summed E-state index contributed by atoms with van der Waals surface area (Å²) in [5.74, 6) is -0.801. The van der Waals surface area contributed by atoms with Crippen LogP contribution in [-0.2, 0) is 40.5 Å². The molecule has 2 aromatic carbocycles. The molecule has 1 saturated heterocycles. The number of hydrogen-bond donors (Lipinski definition) is 1. The van der Waals surface area contributed by atoms with Crippen molar-refractivity contribution in [3.05, 3.63) is 63.8 Å².